The van der Waals surface area contributed by atoms with Crippen LogP contribution in [0.4, 0.5) is 5.69 Å². The molecule has 3 amide bonds. The highest BCUT2D eigenvalue weighted by molar-refractivity contribution is 6.36. The van der Waals surface area contributed by atoms with Gasteiger partial charge in [-0.3, -0.25) is 19.3 Å². The third-order valence-electron chi connectivity index (χ3n) is 7.10. The second kappa shape index (κ2) is 11.6. The van der Waals surface area contributed by atoms with Gasteiger partial charge in [0.05, 0.1) is 5.69 Å². The van der Waals surface area contributed by atoms with E-state index in [4.69, 9.17) is 23.2 Å². The summed E-state index contributed by atoms with van der Waals surface area (Å²) in [5, 5.41) is 5.56. The van der Waals surface area contributed by atoms with E-state index in [2.05, 4.69) is 5.32 Å². The average Bonchev–Trinajstić information content (AvgIpc) is 3.19. The molecule has 0 unspecified atom stereocenters. The van der Waals surface area contributed by atoms with Gasteiger partial charge in [0.1, 0.15) is 12.6 Å². The molecule has 0 aromatic heterocycles. The Hall–Kier alpha value is -3.87. The number of carbonyl (C=O) groups excluding carboxylic acids is 3. The fraction of sp³-hybridized carbons (Fsp3) is 0.242. The van der Waals surface area contributed by atoms with Crippen molar-refractivity contribution in [2.75, 3.05) is 11.4 Å². The van der Waals surface area contributed by atoms with Crippen LogP contribution in [0.15, 0.2) is 84.9 Å². The average molecular weight is 589 g/mol. The van der Waals surface area contributed by atoms with Gasteiger partial charge in [-0.2, -0.15) is 0 Å². The third-order valence-corrected chi connectivity index (χ3v) is 7.81. The van der Waals surface area contributed by atoms with Crippen LogP contribution in [0.1, 0.15) is 42.3 Å². The zero-order valence-corrected chi connectivity index (χ0v) is 24.7. The molecule has 1 N–H and O–H groups in total. The summed E-state index contributed by atoms with van der Waals surface area (Å²) < 4.78 is 0. The molecule has 1 aliphatic heterocycles. The molecule has 0 fully saturated rings. The molecule has 0 spiro atoms. The molecule has 0 radical (unpaired) electrons. The predicted octanol–water partition coefficient (Wildman–Crippen LogP) is 6.66. The van der Waals surface area contributed by atoms with Crippen LogP contribution in [-0.4, -0.2) is 40.7 Å². The zero-order chi connectivity index (χ0) is 29.3. The maximum absolute atomic E-state index is 14.3. The quantitative estimate of drug-likeness (QED) is 0.250. The van der Waals surface area contributed by atoms with Crippen molar-refractivity contribution in [3.05, 3.63) is 112 Å². The van der Waals surface area contributed by atoms with Crippen molar-refractivity contribution in [3.63, 3.8) is 0 Å². The lowest BCUT2D eigenvalue weighted by molar-refractivity contribution is -0.140. The van der Waals surface area contributed by atoms with Crippen molar-refractivity contribution < 1.29 is 14.4 Å². The van der Waals surface area contributed by atoms with Crippen LogP contribution >= 0.6 is 23.2 Å². The Morgan fingerprint density at radius 1 is 0.878 bits per heavy atom. The lowest BCUT2D eigenvalue weighted by atomic mass is 10.0. The Balaban J connectivity index is 1.55. The van der Waals surface area contributed by atoms with Crippen molar-refractivity contribution in [2.24, 2.45) is 0 Å². The first-order valence-corrected chi connectivity index (χ1v) is 14.2. The van der Waals surface area contributed by atoms with Crippen LogP contribution in [0.2, 0.25) is 10.0 Å². The van der Waals surface area contributed by atoms with Crippen LogP contribution in [0.25, 0.3) is 10.8 Å². The van der Waals surface area contributed by atoms with E-state index in [1.54, 1.807) is 24.3 Å². The fourth-order valence-corrected chi connectivity index (χ4v) is 5.74. The smallest absolute Gasteiger partial charge is 0.259 e. The number of anilines is 1. The molecule has 6 nitrogen and oxygen atoms in total. The molecule has 4 aromatic carbocycles. The van der Waals surface area contributed by atoms with E-state index in [-0.39, 0.29) is 31.3 Å². The summed E-state index contributed by atoms with van der Waals surface area (Å²) in [7, 11) is 0. The summed E-state index contributed by atoms with van der Waals surface area (Å²) in [6.07, 6.45) is 0.264. The van der Waals surface area contributed by atoms with Gasteiger partial charge in [-0.05, 0) is 56.0 Å². The van der Waals surface area contributed by atoms with E-state index < -0.39 is 17.5 Å². The molecule has 0 aliphatic carbocycles. The monoisotopic (exact) mass is 587 g/mol. The van der Waals surface area contributed by atoms with Gasteiger partial charge in [-0.1, -0.05) is 83.9 Å². The van der Waals surface area contributed by atoms with Crippen molar-refractivity contribution in [2.45, 2.75) is 45.3 Å². The van der Waals surface area contributed by atoms with E-state index in [0.717, 1.165) is 16.3 Å². The molecule has 4 aromatic rings. The van der Waals surface area contributed by atoms with E-state index in [9.17, 15) is 14.4 Å². The number of halogens is 2. The number of carbonyl (C=O) groups is 3. The van der Waals surface area contributed by atoms with Crippen LogP contribution < -0.4 is 10.2 Å². The molecule has 5 rings (SSSR count). The van der Waals surface area contributed by atoms with E-state index >= 15 is 0 Å². The van der Waals surface area contributed by atoms with Gasteiger partial charge < -0.3 is 10.2 Å². The van der Waals surface area contributed by atoms with E-state index in [1.807, 2.05) is 81.4 Å². The minimum Gasteiger partial charge on any atom is -0.350 e. The number of nitrogens with one attached hydrogen (secondary N) is 1. The SMILES string of the molecule is CC(C)(C)NC(=O)[C@@H](Cc1ccccc1)N(Cc1c(Cl)cccc1Cl)C(=O)CN1C(=O)c2cccc3cccc1c23. The van der Waals surface area contributed by atoms with Crippen LogP contribution in [0.3, 0.4) is 0 Å². The highest BCUT2D eigenvalue weighted by Crippen LogP contribution is 2.37. The number of nitrogens with zero attached hydrogens (tertiary/aromatic N) is 2. The van der Waals surface area contributed by atoms with Gasteiger partial charge >= 0.3 is 0 Å². The van der Waals surface area contributed by atoms with Gasteiger partial charge in [0, 0.05) is 45.1 Å². The van der Waals surface area contributed by atoms with Crippen molar-refractivity contribution in [3.8, 4) is 0 Å². The molecule has 0 saturated carbocycles. The third kappa shape index (κ3) is 6.09. The lowest BCUT2D eigenvalue weighted by Crippen LogP contribution is -2.56. The first-order valence-electron chi connectivity index (χ1n) is 13.5. The summed E-state index contributed by atoms with van der Waals surface area (Å²) in [6.45, 7) is 5.42. The molecular weight excluding hydrogens is 557 g/mol. The van der Waals surface area contributed by atoms with Gasteiger partial charge in [0.25, 0.3) is 5.91 Å². The standard InChI is InChI=1S/C33H31Cl2N3O3/c1-33(2,3)36-31(40)28(18-21-10-5-4-6-11-21)37(19-24-25(34)15-9-16-26(24)35)29(39)20-38-27-17-8-13-22-12-7-14-23(30(22)27)32(38)41/h4-17,28H,18-20H2,1-3H3,(H,36,40)/t28-/m1/s1. The largest absolute Gasteiger partial charge is 0.350 e. The Labute approximate surface area is 249 Å². The summed E-state index contributed by atoms with van der Waals surface area (Å²) in [4.78, 5) is 44.7. The number of rotatable bonds is 8. The molecule has 0 saturated heterocycles. The van der Waals surface area contributed by atoms with Gasteiger partial charge in [-0.15, -0.1) is 0 Å². The van der Waals surface area contributed by atoms with Crippen molar-refractivity contribution in [1.29, 1.82) is 0 Å². The van der Waals surface area contributed by atoms with Crippen LogP contribution in [0, 0.1) is 0 Å². The Bertz CT molecular complexity index is 1610. The minimum atomic E-state index is -0.896. The second-order valence-electron chi connectivity index (χ2n) is 11.2. The molecule has 1 atom stereocenters. The maximum Gasteiger partial charge on any atom is 0.259 e. The van der Waals surface area contributed by atoms with Gasteiger partial charge in [0.15, 0.2) is 0 Å². The topological polar surface area (TPSA) is 69.7 Å². The first-order chi connectivity index (χ1) is 19.5. The Kier molecular flexibility index (Phi) is 8.07. The summed E-state index contributed by atoms with van der Waals surface area (Å²) in [6, 6.07) is 25.0. The Morgan fingerprint density at radius 3 is 2.17 bits per heavy atom. The van der Waals surface area contributed by atoms with Crippen molar-refractivity contribution >= 4 is 57.4 Å². The number of hydrogen-bond donors (Lipinski definition) is 1. The fourth-order valence-electron chi connectivity index (χ4n) is 5.22. The normalized spacial score (nSPS) is 13.4. The highest BCUT2D eigenvalue weighted by Gasteiger charge is 2.37. The summed E-state index contributed by atoms with van der Waals surface area (Å²) in [5.74, 6) is -0.959. The van der Waals surface area contributed by atoms with Crippen LogP contribution in [0.5, 0.6) is 0 Å². The minimum absolute atomic E-state index is 0.00835. The molecule has 210 valence electrons. The van der Waals surface area contributed by atoms with E-state index in [1.165, 1.54) is 9.80 Å². The Morgan fingerprint density at radius 2 is 1.51 bits per heavy atom. The molecular formula is C33H31Cl2N3O3. The molecule has 41 heavy (non-hydrogen) atoms. The maximum atomic E-state index is 14.3. The first kappa shape index (κ1) is 28.7. The summed E-state index contributed by atoms with van der Waals surface area (Å²) >= 11 is 13.1. The molecule has 1 aliphatic rings. The number of benzene rings is 4. The molecule has 1 heterocycles. The molecule has 0 bridgehead atoms. The van der Waals surface area contributed by atoms with Gasteiger partial charge in [0.2, 0.25) is 11.8 Å². The second-order valence-corrected chi connectivity index (χ2v) is 12.1. The lowest BCUT2D eigenvalue weighted by Gasteiger charge is -2.35. The predicted molar refractivity (Wildman–Crippen MR) is 164 cm³/mol. The molecule has 8 heteroatoms. The highest BCUT2D eigenvalue weighted by atomic mass is 35.5. The summed E-state index contributed by atoms with van der Waals surface area (Å²) in [5.41, 5.74) is 2.11. The zero-order valence-electron chi connectivity index (χ0n) is 23.2. The number of amides is 3. The van der Waals surface area contributed by atoms with Crippen LogP contribution in [-0.2, 0) is 22.6 Å². The van der Waals surface area contributed by atoms with E-state index in [0.29, 0.717) is 26.9 Å². The number of hydrogen-bond acceptors (Lipinski definition) is 3. The van der Waals surface area contributed by atoms with Gasteiger partial charge in [-0.25, -0.2) is 0 Å². The van der Waals surface area contributed by atoms with Crippen molar-refractivity contribution in [1.82, 2.24) is 10.2 Å².